The van der Waals surface area contributed by atoms with Crippen molar-refractivity contribution in [2.45, 2.75) is 39.5 Å². The van der Waals surface area contributed by atoms with Crippen LogP contribution in [0.2, 0.25) is 0 Å². The first kappa shape index (κ1) is 16.1. The van der Waals surface area contributed by atoms with Gasteiger partial charge >= 0.3 is 0 Å². The van der Waals surface area contributed by atoms with Crippen molar-refractivity contribution in [1.29, 1.82) is 0 Å². The van der Waals surface area contributed by atoms with E-state index in [9.17, 15) is 14.9 Å². The molecule has 0 fully saturated rings. The molecule has 110 valence electrons. The van der Waals surface area contributed by atoms with Crippen LogP contribution in [0, 0.1) is 16.0 Å². The van der Waals surface area contributed by atoms with Crippen LogP contribution in [0.5, 0.6) is 0 Å². The number of carbonyl (C=O) groups is 1. The van der Waals surface area contributed by atoms with E-state index in [0.29, 0.717) is 18.0 Å². The lowest BCUT2D eigenvalue weighted by atomic mass is 9.99. The number of hydrogen-bond acceptors (Lipinski definition) is 3. The fraction of sp³-hybridized carbons (Fsp3) is 0.533. The minimum Gasteiger partial charge on any atom is -0.352 e. The summed E-state index contributed by atoms with van der Waals surface area (Å²) in [5, 5.41) is 13.5. The summed E-state index contributed by atoms with van der Waals surface area (Å²) in [4.78, 5) is 22.2. The Labute approximate surface area is 119 Å². The SMILES string of the molecule is CCCC[C@H](CC)CNC(=O)c1cccc([N+](=O)[O-])c1. The van der Waals surface area contributed by atoms with Gasteiger partial charge in [0, 0.05) is 24.2 Å². The van der Waals surface area contributed by atoms with Gasteiger partial charge in [0.15, 0.2) is 0 Å². The van der Waals surface area contributed by atoms with Gasteiger partial charge in [-0.15, -0.1) is 0 Å². The predicted molar refractivity (Wildman–Crippen MR) is 78.7 cm³/mol. The zero-order valence-electron chi connectivity index (χ0n) is 12.1. The highest BCUT2D eigenvalue weighted by molar-refractivity contribution is 5.94. The van der Waals surface area contributed by atoms with Crippen LogP contribution < -0.4 is 5.32 Å². The maximum atomic E-state index is 12.0. The molecule has 1 aromatic rings. The van der Waals surface area contributed by atoms with Gasteiger partial charge in [0.05, 0.1) is 4.92 Å². The predicted octanol–water partition coefficient (Wildman–Crippen LogP) is 3.54. The van der Waals surface area contributed by atoms with Crippen molar-refractivity contribution >= 4 is 11.6 Å². The third-order valence-electron chi connectivity index (χ3n) is 3.41. The number of hydrogen-bond donors (Lipinski definition) is 1. The fourth-order valence-electron chi connectivity index (χ4n) is 2.04. The topological polar surface area (TPSA) is 72.2 Å². The first-order chi connectivity index (χ1) is 9.58. The summed E-state index contributed by atoms with van der Waals surface area (Å²) in [6, 6.07) is 5.81. The van der Waals surface area contributed by atoms with Crippen molar-refractivity contribution in [3.63, 3.8) is 0 Å². The van der Waals surface area contributed by atoms with E-state index >= 15 is 0 Å². The molecule has 1 aromatic carbocycles. The molecule has 1 N–H and O–H groups in total. The molecule has 0 aliphatic heterocycles. The van der Waals surface area contributed by atoms with Gasteiger partial charge in [-0.25, -0.2) is 0 Å². The normalized spacial score (nSPS) is 11.9. The summed E-state index contributed by atoms with van der Waals surface area (Å²) in [6.07, 6.45) is 4.43. The number of nitro groups is 1. The Kier molecular flexibility index (Phi) is 6.70. The Morgan fingerprint density at radius 1 is 1.40 bits per heavy atom. The Bertz CT molecular complexity index is 460. The number of nitrogens with zero attached hydrogens (tertiary/aromatic N) is 1. The first-order valence-corrected chi connectivity index (χ1v) is 7.11. The molecule has 1 atom stereocenters. The van der Waals surface area contributed by atoms with Gasteiger partial charge in [-0.1, -0.05) is 39.2 Å². The van der Waals surface area contributed by atoms with Gasteiger partial charge in [-0.3, -0.25) is 14.9 Å². The Morgan fingerprint density at radius 2 is 2.15 bits per heavy atom. The summed E-state index contributed by atoms with van der Waals surface area (Å²) in [6.45, 7) is 4.88. The van der Waals surface area contributed by atoms with Crippen LogP contribution in [0.25, 0.3) is 0 Å². The van der Waals surface area contributed by atoms with Crippen molar-refractivity contribution in [3.05, 3.63) is 39.9 Å². The molecule has 1 amide bonds. The molecule has 5 nitrogen and oxygen atoms in total. The number of benzene rings is 1. The number of rotatable bonds is 8. The summed E-state index contributed by atoms with van der Waals surface area (Å²) in [5.74, 6) is 0.223. The maximum Gasteiger partial charge on any atom is 0.270 e. The second-order valence-corrected chi connectivity index (χ2v) is 4.93. The van der Waals surface area contributed by atoms with Crippen LogP contribution in [0.1, 0.15) is 49.9 Å². The third-order valence-corrected chi connectivity index (χ3v) is 3.41. The Balaban J connectivity index is 2.57. The molecule has 0 unspecified atom stereocenters. The summed E-state index contributed by atoms with van der Waals surface area (Å²) >= 11 is 0. The summed E-state index contributed by atoms with van der Waals surface area (Å²) in [5.41, 5.74) is 0.278. The highest BCUT2D eigenvalue weighted by Crippen LogP contribution is 2.14. The van der Waals surface area contributed by atoms with E-state index in [2.05, 4.69) is 19.2 Å². The van der Waals surface area contributed by atoms with E-state index in [4.69, 9.17) is 0 Å². The highest BCUT2D eigenvalue weighted by atomic mass is 16.6. The molecule has 0 spiro atoms. The minimum absolute atomic E-state index is 0.0596. The second-order valence-electron chi connectivity index (χ2n) is 4.93. The van der Waals surface area contributed by atoms with Gasteiger partial charge in [0.25, 0.3) is 11.6 Å². The van der Waals surface area contributed by atoms with Crippen LogP contribution in [0.15, 0.2) is 24.3 Å². The molecule has 1 rings (SSSR count). The van der Waals surface area contributed by atoms with Crippen molar-refractivity contribution in [2.75, 3.05) is 6.54 Å². The van der Waals surface area contributed by atoms with E-state index in [0.717, 1.165) is 25.7 Å². The van der Waals surface area contributed by atoms with Crippen LogP contribution in [-0.2, 0) is 0 Å². The molecule has 0 bridgehead atoms. The number of non-ortho nitro benzene ring substituents is 1. The molecule has 0 saturated heterocycles. The monoisotopic (exact) mass is 278 g/mol. The Morgan fingerprint density at radius 3 is 2.75 bits per heavy atom. The third kappa shape index (κ3) is 4.99. The van der Waals surface area contributed by atoms with Gasteiger partial charge < -0.3 is 5.32 Å². The standard InChI is InChI=1S/C15H22N2O3/c1-3-5-7-12(4-2)11-16-15(18)13-8-6-9-14(10-13)17(19)20/h6,8-10,12H,3-5,7,11H2,1-2H3,(H,16,18)/t12-/m0/s1. The molecular formula is C15H22N2O3. The maximum absolute atomic E-state index is 12.0. The first-order valence-electron chi connectivity index (χ1n) is 7.11. The van der Waals surface area contributed by atoms with Gasteiger partial charge in [-0.05, 0) is 18.4 Å². The van der Waals surface area contributed by atoms with E-state index < -0.39 is 4.92 Å². The second kappa shape index (κ2) is 8.30. The molecule has 0 aliphatic carbocycles. The van der Waals surface area contributed by atoms with Crippen LogP contribution in [0.3, 0.4) is 0 Å². The minimum atomic E-state index is -0.493. The lowest BCUT2D eigenvalue weighted by Gasteiger charge is -2.15. The number of amides is 1. The van der Waals surface area contributed by atoms with Crippen LogP contribution >= 0.6 is 0 Å². The van der Waals surface area contributed by atoms with Gasteiger partial charge in [-0.2, -0.15) is 0 Å². The van der Waals surface area contributed by atoms with E-state index in [1.165, 1.54) is 18.2 Å². The molecule has 0 radical (unpaired) electrons. The highest BCUT2D eigenvalue weighted by Gasteiger charge is 2.13. The summed E-state index contributed by atoms with van der Waals surface area (Å²) < 4.78 is 0. The number of nitrogens with one attached hydrogen (secondary N) is 1. The fourth-order valence-corrected chi connectivity index (χ4v) is 2.04. The van der Waals surface area contributed by atoms with Crippen LogP contribution in [-0.4, -0.2) is 17.4 Å². The average Bonchev–Trinajstić information content (AvgIpc) is 2.47. The van der Waals surface area contributed by atoms with Crippen molar-refractivity contribution in [2.24, 2.45) is 5.92 Å². The molecule has 0 aromatic heterocycles. The molecule has 0 saturated carbocycles. The van der Waals surface area contributed by atoms with Crippen molar-refractivity contribution in [3.8, 4) is 0 Å². The zero-order chi connectivity index (χ0) is 15.0. The zero-order valence-corrected chi connectivity index (χ0v) is 12.1. The molecule has 0 aliphatic rings. The van der Waals surface area contributed by atoms with E-state index in [-0.39, 0.29) is 11.6 Å². The molecule has 5 heteroatoms. The molecule has 0 heterocycles. The average molecular weight is 278 g/mol. The molecule has 20 heavy (non-hydrogen) atoms. The summed E-state index contributed by atoms with van der Waals surface area (Å²) in [7, 11) is 0. The van der Waals surface area contributed by atoms with E-state index in [1.807, 2.05) is 0 Å². The van der Waals surface area contributed by atoms with E-state index in [1.54, 1.807) is 6.07 Å². The van der Waals surface area contributed by atoms with Crippen LogP contribution in [0.4, 0.5) is 5.69 Å². The molecular weight excluding hydrogens is 256 g/mol. The Hall–Kier alpha value is -1.91. The van der Waals surface area contributed by atoms with Crippen molar-refractivity contribution < 1.29 is 9.72 Å². The van der Waals surface area contributed by atoms with Gasteiger partial charge in [0.2, 0.25) is 0 Å². The lowest BCUT2D eigenvalue weighted by Crippen LogP contribution is -2.29. The van der Waals surface area contributed by atoms with Crippen molar-refractivity contribution in [1.82, 2.24) is 5.32 Å². The lowest BCUT2D eigenvalue weighted by molar-refractivity contribution is -0.384. The smallest absolute Gasteiger partial charge is 0.270 e. The van der Waals surface area contributed by atoms with Gasteiger partial charge in [0.1, 0.15) is 0 Å². The number of unbranched alkanes of at least 4 members (excludes halogenated alkanes) is 1. The number of carbonyl (C=O) groups excluding carboxylic acids is 1. The largest absolute Gasteiger partial charge is 0.352 e. The quantitative estimate of drug-likeness (QED) is 0.584. The number of nitro benzene ring substituents is 1.